The number of quaternary nitrogens is 1. The smallest absolute Gasteiger partial charge is 0.379 e. The van der Waals surface area contributed by atoms with Gasteiger partial charge in [-0.25, -0.2) is 4.57 Å². The summed E-state index contributed by atoms with van der Waals surface area (Å²) in [5.74, 6) is 0. The fourth-order valence-corrected chi connectivity index (χ4v) is 5.21. The van der Waals surface area contributed by atoms with E-state index < -0.39 is 21.5 Å². The van der Waals surface area contributed by atoms with Crippen LogP contribution < -0.4 is 0 Å². The maximum absolute atomic E-state index is 12.6. The molecule has 34 heavy (non-hydrogen) atoms. The lowest BCUT2D eigenvalue weighted by molar-refractivity contribution is -0.870. The Morgan fingerprint density at radius 3 is 1.88 bits per heavy atom. The van der Waals surface area contributed by atoms with E-state index in [2.05, 4.69) is 13.8 Å². The number of likely N-dealkylation sites (N-methyl/N-ethyl adjacent to an activating group) is 1. The molecule has 9 nitrogen and oxygen atoms in total. The highest BCUT2D eigenvalue weighted by molar-refractivity contribution is 7.52. The van der Waals surface area contributed by atoms with Gasteiger partial charge in [0.25, 0.3) is 0 Å². The topological polar surface area (TPSA) is 112 Å². The van der Waals surface area contributed by atoms with Crippen molar-refractivity contribution in [2.24, 2.45) is 0 Å². The lowest BCUT2D eigenvalue weighted by atomic mass is 10.1. The zero-order chi connectivity index (χ0) is 25.9. The van der Waals surface area contributed by atoms with Gasteiger partial charge in [0.15, 0.2) is 0 Å². The Balaban J connectivity index is 4.64. The van der Waals surface area contributed by atoms with Crippen LogP contribution in [0.25, 0.3) is 0 Å². The highest BCUT2D eigenvalue weighted by Crippen LogP contribution is 2.47. The van der Waals surface area contributed by atoms with E-state index in [0.29, 0.717) is 24.1 Å². The fraction of sp³-hybridized carbons (Fsp3) is 1.00. The van der Waals surface area contributed by atoms with Crippen molar-refractivity contribution in [1.29, 1.82) is 0 Å². The molecule has 0 saturated heterocycles. The summed E-state index contributed by atoms with van der Waals surface area (Å²) in [6, 6.07) is 0. The Morgan fingerprint density at radius 1 is 0.735 bits per heavy atom. The quantitative estimate of drug-likeness (QED) is 0.0919. The van der Waals surface area contributed by atoms with Gasteiger partial charge in [-0.05, 0) is 12.8 Å². The van der Waals surface area contributed by atoms with Gasteiger partial charge in [-0.2, -0.15) is 0 Å². The van der Waals surface area contributed by atoms with E-state index in [9.17, 15) is 18.9 Å². The highest BCUT2D eigenvalue weighted by atomic mass is 31.2. The minimum absolute atomic E-state index is 0.00816. The van der Waals surface area contributed by atoms with Gasteiger partial charge >= 0.3 is 15.4 Å². The lowest BCUT2D eigenvalue weighted by Gasteiger charge is -2.25. The number of phosphoric acid groups is 1. The maximum Gasteiger partial charge on any atom is 0.472 e. The molecule has 0 saturated carbocycles. The largest absolute Gasteiger partial charge is 0.472 e. The van der Waals surface area contributed by atoms with Gasteiger partial charge in [-0.3, -0.25) is 13.6 Å². The van der Waals surface area contributed by atoms with Crippen LogP contribution in [0.15, 0.2) is 0 Å². The molecule has 0 radical (unpaired) electrons. The van der Waals surface area contributed by atoms with Crippen molar-refractivity contribution in [3.05, 3.63) is 0 Å². The van der Waals surface area contributed by atoms with Crippen molar-refractivity contribution in [2.45, 2.75) is 90.6 Å². The molecule has 0 aliphatic rings. The molecule has 0 aromatic rings. The molecule has 3 unspecified atom stereocenters. The van der Waals surface area contributed by atoms with E-state index in [0.717, 1.165) is 44.9 Å². The third kappa shape index (κ3) is 22.6. The zero-order valence-corrected chi connectivity index (χ0v) is 24.1. The highest BCUT2D eigenvalue weighted by Gasteiger charge is 2.29. The third-order valence-electron chi connectivity index (χ3n) is 5.24. The second kappa shape index (κ2) is 19.3. The van der Waals surface area contributed by atoms with Gasteiger partial charge in [0, 0.05) is 12.8 Å². The van der Waals surface area contributed by atoms with Crippen LogP contribution in [0.2, 0.25) is 0 Å². The van der Waals surface area contributed by atoms with Crippen LogP contribution in [0.4, 0.5) is 0 Å². The molecular weight excluding hydrogens is 480 g/mol. The second-order valence-corrected chi connectivity index (χ2v) is 13.3. The Labute approximate surface area is 208 Å². The van der Waals surface area contributed by atoms with Gasteiger partial charge in [-0.1, -0.05) is 71.6 Å². The summed E-state index contributed by atoms with van der Waals surface area (Å²) in [4.78, 5) is 20.3. The number of phosphoric ester groups is 1. The molecule has 0 aromatic carbocycles. The number of ether oxygens (including phenoxy) is 1. The molecule has 0 aromatic heterocycles. The van der Waals surface area contributed by atoms with E-state index in [1.54, 1.807) is 0 Å². The molecule has 11 heteroatoms. The van der Waals surface area contributed by atoms with Crippen LogP contribution in [0.5, 0.6) is 0 Å². The van der Waals surface area contributed by atoms with Crippen LogP contribution in [0.3, 0.4) is 0 Å². The summed E-state index contributed by atoms with van der Waals surface area (Å²) in [7, 11) is -2.35. The lowest BCUT2D eigenvalue weighted by Crippen LogP contribution is -2.37. The van der Waals surface area contributed by atoms with E-state index in [1.165, 1.54) is 19.3 Å². The SMILES string of the molecule is CCCCCCCCOCC(COP(=O)(O)OCC[N+](C)(C)C)OP(=O)(O)CCCCCCC. The monoisotopic (exact) mass is 532 g/mol. The Hall–Kier alpha value is 0.180. The van der Waals surface area contributed by atoms with Crippen molar-refractivity contribution in [3.63, 3.8) is 0 Å². The number of nitrogens with zero attached hydrogens (tertiary/aromatic N) is 1. The molecule has 0 spiro atoms. The molecule has 3 atom stereocenters. The molecular formula is C23H52NO8P2+. The summed E-state index contributed by atoms with van der Waals surface area (Å²) in [6.45, 7) is 5.00. The molecule has 0 bridgehead atoms. The molecule has 0 aliphatic heterocycles. The van der Waals surface area contributed by atoms with Crippen LogP contribution in [-0.2, 0) is 27.4 Å². The summed E-state index contributed by atoms with van der Waals surface area (Å²) < 4.78 is 46.5. The van der Waals surface area contributed by atoms with E-state index in [4.69, 9.17) is 18.3 Å². The zero-order valence-electron chi connectivity index (χ0n) is 22.3. The van der Waals surface area contributed by atoms with Crippen LogP contribution in [0, 0.1) is 0 Å². The van der Waals surface area contributed by atoms with Crippen LogP contribution in [0.1, 0.15) is 84.5 Å². The number of hydrogen-bond acceptors (Lipinski definition) is 6. The first-order chi connectivity index (χ1) is 15.9. The minimum atomic E-state index is -4.31. The molecule has 0 fully saturated rings. The maximum atomic E-state index is 12.6. The Bertz CT molecular complexity index is 586. The van der Waals surface area contributed by atoms with Crippen LogP contribution >= 0.6 is 15.4 Å². The van der Waals surface area contributed by atoms with Gasteiger partial charge in [0.2, 0.25) is 0 Å². The van der Waals surface area contributed by atoms with Gasteiger partial charge in [-0.15, -0.1) is 0 Å². The summed E-state index contributed by atoms with van der Waals surface area (Å²) >= 11 is 0. The Morgan fingerprint density at radius 2 is 1.29 bits per heavy atom. The molecule has 0 amide bonds. The molecule has 0 aliphatic carbocycles. The molecule has 0 heterocycles. The molecule has 0 rings (SSSR count). The van der Waals surface area contributed by atoms with Crippen molar-refractivity contribution in [2.75, 3.05) is 60.3 Å². The minimum Gasteiger partial charge on any atom is -0.379 e. The van der Waals surface area contributed by atoms with E-state index >= 15 is 0 Å². The summed E-state index contributed by atoms with van der Waals surface area (Å²) in [5.41, 5.74) is 0. The van der Waals surface area contributed by atoms with Gasteiger partial charge in [0.1, 0.15) is 19.3 Å². The Kier molecular flexibility index (Phi) is 19.4. The van der Waals surface area contributed by atoms with Crippen LogP contribution in [-0.4, -0.2) is 80.7 Å². The fourth-order valence-electron chi connectivity index (χ4n) is 3.15. The first-order valence-electron chi connectivity index (χ1n) is 12.9. The van der Waals surface area contributed by atoms with E-state index in [-0.39, 0.29) is 26.0 Å². The van der Waals surface area contributed by atoms with Crippen molar-refractivity contribution in [1.82, 2.24) is 0 Å². The molecule has 2 N–H and O–H groups in total. The van der Waals surface area contributed by atoms with E-state index in [1.807, 2.05) is 21.1 Å². The number of unbranched alkanes of at least 4 members (excludes halogenated alkanes) is 9. The predicted molar refractivity (Wildman–Crippen MR) is 137 cm³/mol. The van der Waals surface area contributed by atoms with Gasteiger partial charge in [0.05, 0.1) is 34.4 Å². The third-order valence-corrected chi connectivity index (χ3v) is 7.74. The first-order valence-corrected chi connectivity index (χ1v) is 16.2. The number of hydrogen-bond donors (Lipinski definition) is 2. The van der Waals surface area contributed by atoms with Crippen molar-refractivity contribution >= 4 is 15.4 Å². The standard InChI is InChI=1S/C23H51NO8P2/c1-6-8-10-12-13-15-18-29-21-23(32-33(25,26)20-16-14-11-9-7-2)22-31-34(27,28)30-19-17-24(3,4)5/h23H,6-22H2,1-5H3,(H-,25,26,27,28)/p+1. The summed E-state index contributed by atoms with van der Waals surface area (Å²) in [6.07, 6.45) is 10.5. The van der Waals surface area contributed by atoms with Crippen molar-refractivity contribution in [3.8, 4) is 0 Å². The van der Waals surface area contributed by atoms with Crippen molar-refractivity contribution < 1.29 is 41.7 Å². The second-order valence-electron chi connectivity index (χ2n) is 9.96. The average molecular weight is 533 g/mol. The molecule has 206 valence electrons. The average Bonchev–Trinajstić information content (AvgIpc) is 2.72. The first kappa shape index (κ1) is 34.2. The predicted octanol–water partition coefficient (Wildman–Crippen LogP) is 5.74. The van der Waals surface area contributed by atoms with Gasteiger partial charge < -0.3 is 23.5 Å². The normalized spacial score (nSPS) is 16.8. The summed E-state index contributed by atoms with van der Waals surface area (Å²) in [5, 5.41) is 0. The number of rotatable bonds is 24.